The first-order valence-corrected chi connectivity index (χ1v) is 5.94. The number of hydrogen-bond acceptors (Lipinski definition) is 3. The summed E-state index contributed by atoms with van der Waals surface area (Å²) >= 11 is 3.05. The summed E-state index contributed by atoms with van der Waals surface area (Å²) in [6.07, 6.45) is 0. The lowest BCUT2D eigenvalue weighted by Crippen LogP contribution is -1.90. The Bertz CT molecular complexity index is 401. The Morgan fingerprint density at radius 2 is 2.00 bits per heavy atom. The van der Waals surface area contributed by atoms with Gasteiger partial charge in [0.05, 0.1) is 0 Å². The predicted molar refractivity (Wildman–Crippen MR) is 48.8 cm³/mol. The summed E-state index contributed by atoms with van der Waals surface area (Å²) < 4.78 is 22.1. The van der Waals surface area contributed by atoms with Crippen molar-refractivity contribution in [3.05, 3.63) is 22.7 Å². The first-order valence-electron chi connectivity index (χ1n) is 2.84. The third-order valence-corrected chi connectivity index (χ3v) is 3.03. The Hall–Kier alpha value is -0.260. The van der Waals surface area contributed by atoms with E-state index in [1.807, 2.05) is 0 Å². The first-order chi connectivity index (χ1) is 5.41. The van der Waals surface area contributed by atoms with Crippen molar-refractivity contribution in [1.82, 2.24) is 0 Å². The SMILES string of the molecule is O=S(=O)(Cl)c1cc(Br)ccc1O. The lowest BCUT2D eigenvalue weighted by molar-refractivity contribution is 0.459. The Morgan fingerprint density at radius 3 is 2.42 bits per heavy atom. The second-order valence-corrected chi connectivity index (χ2v) is 5.50. The zero-order chi connectivity index (χ0) is 9.35. The predicted octanol–water partition coefficient (Wildman–Crippen LogP) is 2.08. The molecule has 0 aliphatic rings. The number of aromatic hydroxyl groups is 1. The van der Waals surface area contributed by atoms with E-state index >= 15 is 0 Å². The minimum Gasteiger partial charge on any atom is -0.507 e. The first kappa shape index (κ1) is 9.83. The molecule has 0 radical (unpaired) electrons. The molecule has 0 fully saturated rings. The van der Waals surface area contributed by atoms with Gasteiger partial charge in [-0.2, -0.15) is 0 Å². The topological polar surface area (TPSA) is 54.4 Å². The fourth-order valence-electron chi connectivity index (χ4n) is 0.683. The highest BCUT2D eigenvalue weighted by Gasteiger charge is 2.15. The molecule has 1 rings (SSSR count). The molecule has 0 aliphatic heterocycles. The molecular weight excluding hydrogens is 267 g/mol. The van der Waals surface area contributed by atoms with Crippen LogP contribution in [-0.2, 0) is 9.05 Å². The van der Waals surface area contributed by atoms with E-state index in [4.69, 9.17) is 15.8 Å². The summed E-state index contributed by atoms with van der Waals surface area (Å²) in [5, 5.41) is 9.09. The van der Waals surface area contributed by atoms with E-state index in [9.17, 15) is 8.42 Å². The Kier molecular flexibility index (Phi) is 2.65. The number of benzene rings is 1. The number of halogens is 2. The highest BCUT2D eigenvalue weighted by atomic mass is 79.9. The third kappa shape index (κ3) is 2.12. The number of rotatable bonds is 1. The Morgan fingerprint density at radius 1 is 1.42 bits per heavy atom. The molecule has 1 aromatic rings. The van der Waals surface area contributed by atoms with Crippen molar-refractivity contribution in [3.8, 4) is 5.75 Å². The lowest BCUT2D eigenvalue weighted by atomic mass is 10.3. The molecule has 0 saturated carbocycles. The highest BCUT2D eigenvalue weighted by Crippen LogP contribution is 2.28. The molecule has 1 N–H and O–H groups in total. The fraction of sp³-hybridized carbons (Fsp3) is 0. The van der Waals surface area contributed by atoms with Crippen LogP contribution in [0, 0.1) is 0 Å². The lowest BCUT2D eigenvalue weighted by Gasteiger charge is -1.99. The summed E-state index contributed by atoms with van der Waals surface area (Å²) in [4.78, 5) is -0.293. The molecule has 0 aromatic heterocycles. The van der Waals surface area contributed by atoms with Gasteiger partial charge in [-0.3, -0.25) is 0 Å². The molecule has 0 heterocycles. The van der Waals surface area contributed by atoms with Gasteiger partial charge >= 0.3 is 0 Å². The van der Waals surface area contributed by atoms with E-state index in [2.05, 4.69) is 15.9 Å². The number of phenols is 1. The van der Waals surface area contributed by atoms with Crippen LogP contribution < -0.4 is 0 Å². The Labute approximate surface area is 82.5 Å². The van der Waals surface area contributed by atoms with Crippen molar-refractivity contribution in [3.63, 3.8) is 0 Å². The third-order valence-electron chi connectivity index (χ3n) is 1.18. The summed E-state index contributed by atoms with van der Waals surface area (Å²) in [6.45, 7) is 0. The van der Waals surface area contributed by atoms with E-state index in [0.717, 1.165) is 0 Å². The largest absolute Gasteiger partial charge is 0.507 e. The van der Waals surface area contributed by atoms with Crippen LogP contribution in [0.25, 0.3) is 0 Å². The second-order valence-electron chi connectivity index (χ2n) is 2.05. The average Bonchev–Trinajstić information content (AvgIpc) is 1.92. The number of phenolic OH excluding ortho intramolecular Hbond substituents is 1. The van der Waals surface area contributed by atoms with Gasteiger partial charge in [0, 0.05) is 15.2 Å². The van der Waals surface area contributed by atoms with Gasteiger partial charge < -0.3 is 5.11 Å². The minimum atomic E-state index is -3.86. The molecule has 1 aromatic carbocycles. The fourth-order valence-corrected chi connectivity index (χ4v) is 2.15. The van der Waals surface area contributed by atoms with Gasteiger partial charge in [-0.05, 0) is 18.2 Å². The summed E-state index contributed by atoms with van der Waals surface area (Å²) in [5.74, 6) is -0.354. The van der Waals surface area contributed by atoms with Crippen molar-refractivity contribution in [2.24, 2.45) is 0 Å². The molecule has 0 amide bonds. The van der Waals surface area contributed by atoms with Crippen molar-refractivity contribution in [2.75, 3.05) is 0 Å². The molecule has 0 saturated heterocycles. The average molecular weight is 272 g/mol. The molecule has 0 aliphatic carbocycles. The van der Waals surface area contributed by atoms with Gasteiger partial charge in [0.15, 0.2) is 0 Å². The quantitative estimate of drug-likeness (QED) is 0.796. The maximum absolute atomic E-state index is 10.8. The van der Waals surface area contributed by atoms with Gasteiger partial charge in [-0.15, -0.1) is 0 Å². The van der Waals surface area contributed by atoms with E-state index in [0.29, 0.717) is 4.47 Å². The number of hydrogen-bond donors (Lipinski definition) is 1. The summed E-state index contributed by atoms with van der Waals surface area (Å²) in [6, 6.07) is 4.00. The highest BCUT2D eigenvalue weighted by molar-refractivity contribution is 9.10. The van der Waals surface area contributed by atoms with Crippen LogP contribution >= 0.6 is 26.6 Å². The summed E-state index contributed by atoms with van der Waals surface area (Å²) in [5.41, 5.74) is 0. The minimum absolute atomic E-state index is 0.293. The van der Waals surface area contributed by atoms with Crippen LogP contribution in [0.5, 0.6) is 5.75 Å². The van der Waals surface area contributed by atoms with Crippen LogP contribution in [0.2, 0.25) is 0 Å². The maximum atomic E-state index is 10.8. The van der Waals surface area contributed by atoms with Crippen LogP contribution in [-0.4, -0.2) is 13.5 Å². The molecule has 0 bridgehead atoms. The van der Waals surface area contributed by atoms with Crippen molar-refractivity contribution in [2.45, 2.75) is 4.90 Å². The molecular formula is C6H4BrClO3S. The molecule has 12 heavy (non-hydrogen) atoms. The molecule has 66 valence electrons. The van der Waals surface area contributed by atoms with E-state index in [1.165, 1.54) is 18.2 Å². The smallest absolute Gasteiger partial charge is 0.265 e. The van der Waals surface area contributed by atoms with Crippen LogP contribution in [0.15, 0.2) is 27.6 Å². The molecule has 0 spiro atoms. The van der Waals surface area contributed by atoms with Gasteiger partial charge in [0.1, 0.15) is 10.6 Å². The van der Waals surface area contributed by atoms with Crippen molar-refractivity contribution in [1.29, 1.82) is 0 Å². The van der Waals surface area contributed by atoms with Gasteiger partial charge in [0.25, 0.3) is 9.05 Å². The normalized spacial score (nSPS) is 11.5. The van der Waals surface area contributed by atoms with Crippen LogP contribution in [0.1, 0.15) is 0 Å². The zero-order valence-corrected chi connectivity index (χ0v) is 8.82. The molecule has 0 atom stereocenters. The van der Waals surface area contributed by atoms with Crippen LogP contribution in [0.3, 0.4) is 0 Å². The molecule has 3 nitrogen and oxygen atoms in total. The van der Waals surface area contributed by atoms with Crippen molar-refractivity contribution >= 4 is 35.7 Å². The Balaban J connectivity index is 3.43. The zero-order valence-electron chi connectivity index (χ0n) is 5.66. The van der Waals surface area contributed by atoms with E-state index < -0.39 is 9.05 Å². The maximum Gasteiger partial charge on any atom is 0.265 e. The monoisotopic (exact) mass is 270 g/mol. The summed E-state index contributed by atoms with van der Waals surface area (Å²) in [7, 11) is 1.16. The van der Waals surface area contributed by atoms with Crippen molar-refractivity contribution < 1.29 is 13.5 Å². The van der Waals surface area contributed by atoms with Gasteiger partial charge in [-0.25, -0.2) is 8.42 Å². The standard InChI is InChI=1S/C6H4BrClO3S/c7-4-1-2-5(9)6(3-4)12(8,10)11/h1-3,9H. The van der Waals surface area contributed by atoms with Gasteiger partial charge in [-0.1, -0.05) is 15.9 Å². The molecule has 6 heteroatoms. The van der Waals surface area contributed by atoms with E-state index in [1.54, 1.807) is 0 Å². The van der Waals surface area contributed by atoms with E-state index in [-0.39, 0.29) is 10.6 Å². The second kappa shape index (κ2) is 3.24. The van der Waals surface area contributed by atoms with Gasteiger partial charge in [0.2, 0.25) is 0 Å². The van der Waals surface area contributed by atoms with Crippen LogP contribution in [0.4, 0.5) is 0 Å². The molecule has 0 unspecified atom stereocenters.